The number of aryl methyl sites for hydroxylation is 1. The van der Waals surface area contributed by atoms with Crippen LogP contribution < -0.4 is 0 Å². The van der Waals surface area contributed by atoms with Crippen LogP contribution in [0.2, 0.25) is 0 Å². The van der Waals surface area contributed by atoms with Gasteiger partial charge in [-0.05, 0) is 36.6 Å². The van der Waals surface area contributed by atoms with Gasteiger partial charge in [-0.25, -0.2) is 0 Å². The Morgan fingerprint density at radius 3 is 2.67 bits per heavy atom. The highest BCUT2D eigenvalue weighted by molar-refractivity contribution is 5.86. The molecule has 0 fully saturated rings. The number of aliphatic carboxylic acids is 1. The van der Waals surface area contributed by atoms with Crippen molar-refractivity contribution in [2.24, 2.45) is 0 Å². The van der Waals surface area contributed by atoms with E-state index in [9.17, 15) is 4.79 Å². The molecule has 0 atom stereocenters. The highest BCUT2D eigenvalue weighted by Gasteiger charge is 2.11. The lowest BCUT2D eigenvalue weighted by molar-refractivity contribution is -0.136. The highest BCUT2D eigenvalue weighted by atomic mass is 16.4. The molecule has 0 aliphatic rings. The summed E-state index contributed by atoms with van der Waals surface area (Å²) < 4.78 is 0. The topological polar surface area (TPSA) is 50.2 Å². The average molecular weight is 243 g/mol. The second-order valence-electron chi connectivity index (χ2n) is 4.95. The molecule has 0 saturated carbocycles. The Morgan fingerprint density at radius 2 is 2.06 bits per heavy atom. The molecule has 0 radical (unpaired) electrons. The molecule has 0 aliphatic heterocycles. The molecule has 3 nitrogen and oxygen atoms in total. The van der Waals surface area contributed by atoms with Crippen molar-refractivity contribution in [1.29, 1.82) is 0 Å². The van der Waals surface area contributed by atoms with Crippen LogP contribution in [0.5, 0.6) is 0 Å². The van der Waals surface area contributed by atoms with Gasteiger partial charge in [-0.1, -0.05) is 25.5 Å². The van der Waals surface area contributed by atoms with E-state index in [0.29, 0.717) is 5.92 Å². The van der Waals surface area contributed by atoms with Crippen LogP contribution in [0.1, 0.15) is 36.6 Å². The molecular weight excluding hydrogens is 226 g/mol. The zero-order valence-corrected chi connectivity index (χ0v) is 10.9. The van der Waals surface area contributed by atoms with Crippen molar-refractivity contribution in [1.82, 2.24) is 4.98 Å². The van der Waals surface area contributed by atoms with Gasteiger partial charge in [0.1, 0.15) is 0 Å². The van der Waals surface area contributed by atoms with Crippen molar-refractivity contribution in [3.05, 3.63) is 41.1 Å². The lowest BCUT2D eigenvalue weighted by Gasteiger charge is -2.11. The van der Waals surface area contributed by atoms with Gasteiger partial charge in [-0.3, -0.25) is 9.78 Å². The van der Waals surface area contributed by atoms with Crippen LogP contribution >= 0.6 is 0 Å². The fourth-order valence-electron chi connectivity index (χ4n) is 2.04. The molecule has 1 N–H and O–H groups in total. The molecule has 0 amide bonds. The van der Waals surface area contributed by atoms with Crippen LogP contribution in [0.4, 0.5) is 0 Å². The first kappa shape index (κ1) is 12.6. The van der Waals surface area contributed by atoms with Gasteiger partial charge in [-0.2, -0.15) is 0 Å². The second-order valence-corrected chi connectivity index (χ2v) is 4.95. The lowest BCUT2D eigenvalue weighted by atomic mass is 10.00. The minimum absolute atomic E-state index is 0.0438. The fourth-order valence-corrected chi connectivity index (χ4v) is 2.04. The molecule has 18 heavy (non-hydrogen) atoms. The second kappa shape index (κ2) is 4.77. The standard InChI is InChI=1S/C15H17NO2/c1-9(2)14-7-11(8-15(17)18)12-6-10(3)4-5-13(12)16-14/h4-7,9H,8H2,1-3H3,(H,17,18). The van der Waals surface area contributed by atoms with E-state index < -0.39 is 5.97 Å². The van der Waals surface area contributed by atoms with Gasteiger partial charge in [0.05, 0.1) is 11.9 Å². The maximum Gasteiger partial charge on any atom is 0.307 e. The third kappa shape index (κ3) is 2.50. The van der Waals surface area contributed by atoms with Crippen molar-refractivity contribution < 1.29 is 9.90 Å². The van der Waals surface area contributed by atoms with Crippen molar-refractivity contribution in [3.63, 3.8) is 0 Å². The molecule has 0 aliphatic carbocycles. The Morgan fingerprint density at radius 1 is 1.33 bits per heavy atom. The van der Waals surface area contributed by atoms with Gasteiger partial charge in [0.25, 0.3) is 0 Å². The molecule has 1 aromatic heterocycles. The van der Waals surface area contributed by atoms with Crippen molar-refractivity contribution >= 4 is 16.9 Å². The number of carbonyl (C=O) groups is 1. The van der Waals surface area contributed by atoms with E-state index in [-0.39, 0.29) is 6.42 Å². The van der Waals surface area contributed by atoms with Gasteiger partial charge in [0.2, 0.25) is 0 Å². The predicted molar refractivity (Wildman–Crippen MR) is 71.9 cm³/mol. The molecule has 2 rings (SSSR count). The Bertz CT molecular complexity index is 603. The van der Waals surface area contributed by atoms with Crippen LogP contribution in [0, 0.1) is 6.92 Å². The number of carboxylic acids is 1. The van der Waals surface area contributed by atoms with E-state index in [1.807, 2.05) is 31.2 Å². The summed E-state index contributed by atoms with van der Waals surface area (Å²) in [7, 11) is 0. The number of hydrogen-bond donors (Lipinski definition) is 1. The summed E-state index contributed by atoms with van der Waals surface area (Å²) in [6.45, 7) is 6.13. The number of hydrogen-bond acceptors (Lipinski definition) is 2. The smallest absolute Gasteiger partial charge is 0.307 e. The maximum atomic E-state index is 11.0. The summed E-state index contributed by atoms with van der Waals surface area (Å²) in [5.41, 5.74) is 3.79. The number of aromatic nitrogens is 1. The lowest BCUT2D eigenvalue weighted by Crippen LogP contribution is -2.04. The van der Waals surface area contributed by atoms with Gasteiger partial charge >= 0.3 is 5.97 Å². The molecule has 0 unspecified atom stereocenters. The van der Waals surface area contributed by atoms with Crippen molar-refractivity contribution in [2.45, 2.75) is 33.1 Å². The largest absolute Gasteiger partial charge is 0.481 e. The minimum atomic E-state index is -0.807. The van der Waals surface area contributed by atoms with Gasteiger partial charge in [0.15, 0.2) is 0 Å². The number of benzene rings is 1. The van der Waals surface area contributed by atoms with Gasteiger partial charge < -0.3 is 5.11 Å². The van der Waals surface area contributed by atoms with E-state index in [2.05, 4.69) is 18.8 Å². The Balaban J connectivity index is 2.68. The van der Waals surface area contributed by atoms with E-state index in [1.165, 1.54) is 0 Å². The Labute approximate surface area is 106 Å². The van der Waals surface area contributed by atoms with E-state index in [1.54, 1.807) is 0 Å². The van der Waals surface area contributed by atoms with Gasteiger partial charge in [-0.15, -0.1) is 0 Å². The van der Waals surface area contributed by atoms with Crippen LogP contribution in [0.3, 0.4) is 0 Å². The number of rotatable bonds is 3. The summed E-state index contributed by atoms with van der Waals surface area (Å²) in [6, 6.07) is 7.89. The van der Waals surface area contributed by atoms with Crippen LogP contribution in [0.15, 0.2) is 24.3 Å². The summed E-state index contributed by atoms with van der Waals surface area (Å²) in [5.74, 6) is -0.512. The Hall–Kier alpha value is -1.90. The zero-order chi connectivity index (χ0) is 13.3. The fraction of sp³-hybridized carbons (Fsp3) is 0.333. The molecule has 94 valence electrons. The highest BCUT2D eigenvalue weighted by Crippen LogP contribution is 2.23. The third-order valence-electron chi connectivity index (χ3n) is 3.00. The SMILES string of the molecule is Cc1ccc2nc(C(C)C)cc(CC(=O)O)c2c1. The summed E-state index contributed by atoms with van der Waals surface area (Å²) >= 11 is 0. The third-order valence-corrected chi connectivity index (χ3v) is 3.00. The van der Waals surface area contributed by atoms with Crippen LogP contribution in [-0.4, -0.2) is 16.1 Å². The van der Waals surface area contributed by atoms with Gasteiger partial charge in [0, 0.05) is 11.1 Å². The van der Waals surface area contributed by atoms with E-state index in [4.69, 9.17) is 5.11 Å². The summed E-state index contributed by atoms with van der Waals surface area (Å²) in [4.78, 5) is 15.5. The number of carboxylic acid groups (broad SMARTS) is 1. The number of pyridine rings is 1. The van der Waals surface area contributed by atoms with E-state index >= 15 is 0 Å². The molecular formula is C15H17NO2. The Kier molecular flexibility index (Phi) is 3.32. The minimum Gasteiger partial charge on any atom is -0.481 e. The first-order valence-corrected chi connectivity index (χ1v) is 6.09. The molecule has 2 aromatic rings. The molecule has 1 aromatic carbocycles. The first-order valence-electron chi connectivity index (χ1n) is 6.09. The quantitative estimate of drug-likeness (QED) is 0.899. The molecule has 0 spiro atoms. The summed E-state index contributed by atoms with van der Waals surface area (Å²) in [5, 5.41) is 9.95. The summed E-state index contributed by atoms with van der Waals surface area (Å²) in [6.07, 6.45) is 0.0438. The predicted octanol–water partition coefficient (Wildman–Crippen LogP) is 3.29. The van der Waals surface area contributed by atoms with Crippen molar-refractivity contribution in [2.75, 3.05) is 0 Å². The first-order chi connectivity index (χ1) is 8.47. The monoisotopic (exact) mass is 243 g/mol. The molecule has 1 heterocycles. The average Bonchev–Trinajstić information content (AvgIpc) is 2.28. The number of nitrogens with zero attached hydrogens (tertiary/aromatic N) is 1. The molecule has 3 heteroatoms. The normalized spacial score (nSPS) is 11.1. The molecule has 0 bridgehead atoms. The zero-order valence-electron chi connectivity index (χ0n) is 10.9. The van der Waals surface area contributed by atoms with Crippen LogP contribution in [0.25, 0.3) is 10.9 Å². The molecule has 0 saturated heterocycles. The van der Waals surface area contributed by atoms with Crippen molar-refractivity contribution in [3.8, 4) is 0 Å². The number of fused-ring (bicyclic) bond motifs is 1. The maximum absolute atomic E-state index is 11.0. The van der Waals surface area contributed by atoms with E-state index in [0.717, 1.165) is 27.7 Å². The van der Waals surface area contributed by atoms with Crippen LogP contribution in [-0.2, 0) is 11.2 Å².